The van der Waals surface area contributed by atoms with Gasteiger partial charge in [-0.05, 0) is 31.1 Å². The minimum Gasteiger partial charge on any atom is -0.340 e. The Balaban J connectivity index is 1.47. The normalized spacial score (nSPS) is 22.1. The Hall–Kier alpha value is -0.620. The maximum Gasteiger partial charge on any atom is 0.225 e. The van der Waals surface area contributed by atoms with E-state index in [9.17, 15) is 4.79 Å². The van der Waals surface area contributed by atoms with E-state index >= 15 is 0 Å². The number of hydrogen-bond donors (Lipinski definition) is 1. The Kier molecular flexibility index (Phi) is 4.84. The molecule has 2 aliphatic heterocycles. The van der Waals surface area contributed by atoms with Crippen molar-refractivity contribution >= 4 is 28.8 Å². The molecule has 1 aromatic rings. The molecule has 3 rings (SSSR count). The molecular weight excluding hydrogens is 306 g/mol. The van der Waals surface area contributed by atoms with Gasteiger partial charge in [0.1, 0.15) is 0 Å². The minimum absolute atomic E-state index is 0.161. The van der Waals surface area contributed by atoms with Gasteiger partial charge in [-0.15, -0.1) is 11.3 Å². The molecule has 0 aliphatic carbocycles. The van der Waals surface area contributed by atoms with Crippen LogP contribution >= 0.6 is 22.9 Å². The summed E-state index contributed by atoms with van der Waals surface area (Å²) in [4.78, 5) is 18.2. The zero-order chi connectivity index (χ0) is 14.8. The molecule has 4 nitrogen and oxygen atoms in total. The van der Waals surface area contributed by atoms with Gasteiger partial charge in [0, 0.05) is 43.5 Å². The maximum absolute atomic E-state index is 12.5. The first kappa shape index (κ1) is 15.3. The molecule has 0 radical (unpaired) electrons. The second-order valence-electron chi connectivity index (χ2n) is 6.01. The monoisotopic (exact) mass is 327 g/mol. The number of carbonyl (C=O) groups excluding carboxylic acids is 1. The lowest BCUT2D eigenvalue weighted by atomic mass is 9.88. The van der Waals surface area contributed by atoms with Gasteiger partial charge in [-0.3, -0.25) is 9.69 Å². The molecule has 1 aromatic heterocycles. The summed E-state index contributed by atoms with van der Waals surface area (Å²) < 4.78 is 0.849. The van der Waals surface area contributed by atoms with Gasteiger partial charge in [0.05, 0.1) is 4.34 Å². The van der Waals surface area contributed by atoms with E-state index in [2.05, 4.69) is 23.2 Å². The van der Waals surface area contributed by atoms with Crippen molar-refractivity contribution < 1.29 is 4.79 Å². The summed E-state index contributed by atoms with van der Waals surface area (Å²) in [6, 6.07) is 4.05. The fraction of sp³-hybridized carbons (Fsp3) is 0.667. The summed E-state index contributed by atoms with van der Waals surface area (Å²) in [5, 5.41) is 3.25. The van der Waals surface area contributed by atoms with E-state index in [4.69, 9.17) is 11.6 Å². The molecule has 0 saturated carbocycles. The third kappa shape index (κ3) is 3.59. The van der Waals surface area contributed by atoms with Crippen molar-refractivity contribution in [3.05, 3.63) is 21.3 Å². The van der Waals surface area contributed by atoms with E-state index in [1.54, 1.807) is 11.3 Å². The van der Waals surface area contributed by atoms with Gasteiger partial charge in [0.25, 0.3) is 0 Å². The highest BCUT2D eigenvalue weighted by molar-refractivity contribution is 7.16. The van der Waals surface area contributed by atoms with Crippen LogP contribution in [0.5, 0.6) is 0 Å². The molecule has 0 aromatic carbocycles. The molecule has 1 N–H and O–H groups in total. The first-order valence-electron chi connectivity index (χ1n) is 7.59. The van der Waals surface area contributed by atoms with E-state index in [0.29, 0.717) is 11.8 Å². The predicted octanol–water partition coefficient (Wildman–Crippen LogP) is 1.90. The number of nitrogens with zero attached hydrogens (tertiary/aromatic N) is 2. The van der Waals surface area contributed by atoms with E-state index in [1.807, 2.05) is 11.0 Å². The lowest BCUT2D eigenvalue weighted by molar-refractivity contribution is -0.139. The van der Waals surface area contributed by atoms with Crippen LogP contribution in [0.2, 0.25) is 4.34 Å². The fourth-order valence-electron chi connectivity index (χ4n) is 2.94. The summed E-state index contributed by atoms with van der Waals surface area (Å²) >= 11 is 7.61. The molecule has 0 bridgehead atoms. The molecule has 0 spiro atoms. The maximum atomic E-state index is 12.5. The van der Waals surface area contributed by atoms with Crippen molar-refractivity contribution in [3.63, 3.8) is 0 Å². The Morgan fingerprint density at radius 1 is 1.38 bits per heavy atom. The van der Waals surface area contributed by atoms with Crippen molar-refractivity contribution in [1.29, 1.82) is 0 Å². The van der Waals surface area contributed by atoms with Crippen molar-refractivity contribution in [2.75, 3.05) is 39.3 Å². The summed E-state index contributed by atoms with van der Waals surface area (Å²) in [6.45, 7) is 8.62. The van der Waals surface area contributed by atoms with Crippen LogP contribution in [0.25, 0.3) is 0 Å². The van der Waals surface area contributed by atoms with Gasteiger partial charge in [-0.2, -0.15) is 0 Å². The highest BCUT2D eigenvalue weighted by Crippen LogP contribution is 2.24. The van der Waals surface area contributed by atoms with Crippen LogP contribution in [0.4, 0.5) is 0 Å². The van der Waals surface area contributed by atoms with Gasteiger partial charge in [-0.1, -0.05) is 18.5 Å². The molecule has 1 unspecified atom stereocenters. The van der Waals surface area contributed by atoms with Crippen LogP contribution in [-0.2, 0) is 11.3 Å². The largest absolute Gasteiger partial charge is 0.340 e. The van der Waals surface area contributed by atoms with Gasteiger partial charge >= 0.3 is 0 Å². The van der Waals surface area contributed by atoms with Crippen molar-refractivity contribution in [1.82, 2.24) is 15.1 Å². The topological polar surface area (TPSA) is 35.6 Å². The molecule has 2 fully saturated rings. The zero-order valence-electron chi connectivity index (χ0n) is 12.3. The first-order valence-corrected chi connectivity index (χ1v) is 8.79. The van der Waals surface area contributed by atoms with E-state index in [-0.39, 0.29) is 5.92 Å². The van der Waals surface area contributed by atoms with Crippen LogP contribution in [0.1, 0.15) is 11.8 Å². The summed E-state index contributed by atoms with van der Waals surface area (Å²) in [5.74, 6) is 1.03. The summed E-state index contributed by atoms with van der Waals surface area (Å²) in [5.41, 5.74) is 0. The third-order valence-corrected chi connectivity index (χ3v) is 5.82. The Labute approximate surface area is 135 Å². The van der Waals surface area contributed by atoms with Crippen molar-refractivity contribution in [2.24, 2.45) is 11.8 Å². The SMILES string of the molecule is CC(C(=O)N1CCN(Cc2ccc(Cl)s2)CC1)C1CNC1. The van der Waals surface area contributed by atoms with E-state index in [1.165, 1.54) is 4.88 Å². The van der Waals surface area contributed by atoms with Gasteiger partial charge < -0.3 is 10.2 Å². The van der Waals surface area contributed by atoms with Crippen LogP contribution in [0, 0.1) is 11.8 Å². The molecule has 1 atom stereocenters. The zero-order valence-corrected chi connectivity index (χ0v) is 13.9. The van der Waals surface area contributed by atoms with Gasteiger partial charge in [0.2, 0.25) is 5.91 Å². The second-order valence-corrected chi connectivity index (χ2v) is 7.81. The lowest BCUT2D eigenvalue weighted by Gasteiger charge is -2.39. The summed E-state index contributed by atoms with van der Waals surface area (Å²) in [6.07, 6.45) is 0. The van der Waals surface area contributed by atoms with Gasteiger partial charge in [-0.25, -0.2) is 0 Å². The van der Waals surface area contributed by atoms with Crippen molar-refractivity contribution in [3.8, 4) is 0 Å². The minimum atomic E-state index is 0.161. The number of amides is 1. The molecule has 6 heteroatoms. The molecule has 3 heterocycles. The number of thiophene rings is 1. The predicted molar refractivity (Wildman–Crippen MR) is 86.7 cm³/mol. The Morgan fingerprint density at radius 2 is 2.10 bits per heavy atom. The molecule has 2 aliphatic rings. The number of carbonyl (C=O) groups is 1. The highest BCUT2D eigenvalue weighted by atomic mass is 35.5. The average Bonchev–Trinajstić information content (AvgIpc) is 2.82. The number of rotatable bonds is 4. The molecule has 21 heavy (non-hydrogen) atoms. The standard InChI is InChI=1S/C15H22ClN3OS/c1-11(12-8-17-9-12)15(20)19-6-4-18(5-7-19)10-13-2-3-14(16)21-13/h2-3,11-12,17H,4-10H2,1H3. The van der Waals surface area contributed by atoms with E-state index < -0.39 is 0 Å². The third-order valence-electron chi connectivity index (χ3n) is 4.60. The van der Waals surface area contributed by atoms with Gasteiger partial charge in [0.15, 0.2) is 0 Å². The Morgan fingerprint density at radius 3 is 2.62 bits per heavy atom. The molecular formula is C15H22ClN3OS. The van der Waals surface area contributed by atoms with Crippen LogP contribution in [0.15, 0.2) is 12.1 Å². The van der Waals surface area contributed by atoms with Crippen molar-refractivity contribution in [2.45, 2.75) is 13.5 Å². The van der Waals surface area contributed by atoms with Crippen LogP contribution in [0.3, 0.4) is 0 Å². The van der Waals surface area contributed by atoms with E-state index in [0.717, 1.165) is 50.1 Å². The molecule has 1 amide bonds. The Bertz CT molecular complexity index is 495. The number of hydrogen-bond acceptors (Lipinski definition) is 4. The molecule has 116 valence electrons. The highest BCUT2D eigenvalue weighted by Gasteiger charge is 2.32. The number of halogens is 1. The quantitative estimate of drug-likeness (QED) is 0.917. The summed E-state index contributed by atoms with van der Waals surface area (Å²) in [7, 11) is 0. The smallest absolute Gasteiger partial charge is 0.225 e. The van der Waals surface area contributed by atoms with Crippen LogP contribution in [-0.4, -0.2) is 55.0 Å². The second kappa shape index (κ2) is 6.65. The first-order chi connectivity index (χ1) is 10.1. The van der Waals surface area contributed by atoms with Crippen LogP contribution < -0.4 is 5.32 Å². The fourth-order valence-corrected chi connectivity index (χ4v) is 4.07. The number of nitrogens with one attached hydrogen (secondary N) is 1. The average molecular weight is 328 g/mol. The number of piperazine rings is 1. The molecule has 2 saturated heterocycles. The lowest BCUT2D eigenvalue weighted by Crippen LogP contribution is -2.54.